The molecule has 2 amide bonds. The highest BCUT2D eigenvalue weighted by Crippen LogP contribution is 2.17. The number of aromatic nitrogens is 2. The zero-order chi connectivity index (χ0) is 16.8. The Morgan fingerprint density at radius 3 is 2.92 bits per heavy atom. The van der Waals surface area contributed by atoms with Crippen LogP contribution in [0.5, 0.6) is 0 Å². The predicted octanol–water partition coefficient (Wildman–Crippen LogP) is 2.63. The average Bonchev–Trinajstić information content (AvgIpc) is 3.30. The van der Waals surface area contributed by atoms with Crippen LogP contribution in [0.4, 0.5) is 4.79 Å². The first-order chi connectivity index (χ1) is 11.8. The topological polar surface area (TPSA) is 68.2 Å². The third-order valence-electron chi connectivity index (χ3n) is 4.27. The van der Waals surface area contributed by atoms with Gasteiger partial charge in [0.1, 0.15) is 0 Å². The number of carbonyl (C=O) groups is 1. The molecule has 1 fully saturated rings. The first-order valence-electron chi connectivity index (χ1n) is 8.52. The standard InChI is InChI=1S/C18H24N4O2/c1-2-16(17-9-6-12-24-17)20-18(23)19-13-14-10-11-22(21-14)15-7-4-3-5-8-15/h3-5,7-8,10-11,16-17H,2,6,9,12-13H2,1H3,(H2,19,20,23)/t16-,17+/m0/s1. The zero-order valence-corrected chi connectivity index (χ0v) is 13.9. The fourth-order valence-corrected chi connectivity index (χ4v) is 2.95. The molecule has 0 saturated carbocycles. The predicted molar refractivity (Wildman–Crippen MR) is 92.0 cm³/mol. The molecule has 0 aliphatic carbocycles. The second-order valence-corrected chi connectivity index (χ2v) is 5.98. The Morgan fingerprint density at radius 2 is 2.21 bits per heavy atom. The van der Waals surface area contributed by atoms with Gasteiger partial charge in [-0.25, -0.2) is 9.48 Å². The highest BCUT2D eigenvalue weighted by Gasteiger charge is 2.25. The molecule has 2 atom stereocenters. The van der Waals surface area contributed by atoms with E-state index in [1.54, 1.807) is 4.68 Å². The average molecular weight is 328 g/mol. The molecule has 0 spiro atoms. The lowest BCUT2D eigenvalue weighted by molar-refractivity contribution is 0.0796. The molecule has 6 heteroatoms. The van der Waals surface area contributed by atoms with E-state index in [0.717, 1.165) is 37.3 Å². The number of para-hydroxylation sites is 1. The van der Waals surface area contributed by atoms with E-state index in [-0.39, 0.29) is 18.2 Å². The van der Waals surface area contributed by atoms with Gasteiger partial charge < -0.3 is 15.4 Å². The van der Waals surface area contributed by atoms with Gasteiger partial charge in [-0.3, -0.25) is 0 Å². The van der Waals surface area contributed by atoms with Crippen molar-refractivity contribution in [3.05, 3.63) is 48.3 Å². The number of rotatable bonds is 6. The van der Waals surface area contributed by atoms with Gasteiger partial charge in [0, 0.05) is 12.8 Å². The van der Waals surface area contributed by atoms with Gasteiger partial charge in [-0.1, -0.05) is 25.1 Å². The van der Waals surface area contributed by atoms with Gasteiger partial charge in [0.25, 0.3) is 0 Å². The number of benzene rings is 1. The van der Waals surface area contributed by atoms with E-state index < -0.39 is 0 Å². The first-order valence-corrected chi connectivity index (χ1v) is 8.52. The fraction of sp³-hybridized carbons (Fsp3) is 0.444. The van der Waals surface area contributed by atoms with Crippen LogP contribution in [0.1, 0.15) is 31.9 Å². The number of urea groups is 1. The van der Waals surface area contributed by atoms with Gasteiger partial charge in [-0.15, -0.1) is 0 Å². The molecule has 2 N–H and O–H groups in total. The molecule has 24 heavy (non-hydrogen) atoms. The Labute approximate surface area is 142 Å². The molecule has 2 aromatic rings. The summed E-state index contributed by atoms with van der Waals surface area (Å²) in [5.41, 5.74) is 1.82. The Balaban J connectivity index is 1.50. The van der Waals surface area contributed by atoms with Gasteiger partial charge in [0.2, 0.25) is 0 Å². The van der Waals surface area contributed by atoms with Crippen LogP contribution in [0, 0.1) is 0 Å². The summed E-state index contributed by atoms with van der Waals surface area (Å²) >= 11 is 0. The van der Waals surface area contributed by atoms with E-state index in [0.29, 0.717) is 6.54 Å². The SMILES string of the molecule is CC[C@H](NC(=O)NCc1ccn(-c2ccccc2)n1)[C@H]1CCCO1. The molecule has 1 aliphatic rings. The molecule has 1 aliphatic heterocycles. The highest BCUT2D eigenvalue weighted by atomic mass is 16.5. The van der Waals surface area contributed by atoms with Gasteiger partial charge in [0.15, 0.2) is 0 Å². The first kappa shape index (κ1) is 16.5. The lowest BCUT2D eigenvalue weighted by atomic mass is 10.1. The van der Waals surface area contributed by atoms with E-state index in [1.807, 2.05) is 42.6 Å². The highest BCUT2D eigenvalue weighted by molar-refractivity contribution is 5.74. The van der Waals surface area contributed by atoms with Crippen molar-refractivity contribution in [3.63, 3.8) is 0 Å². The normalized spacial score (nSPS) is 18.3. The Hall–Kier alpha value is -2.34. The molecule has 6 nitrogen and oxygen atoms in total. The summed E-state index contributed by atoms with van der Waals surface area (Å²) in [6.07, 6.45) is 4.98. The zero-order valence-electron chi connectivity index (χ0n) is 13.9. The second-order valence-electron chi connectivity index (χ2n) is 5.98. The van der Waals surface area contributed by atoms with Crippen molar-refractivity contribution in [2.75, 3.05) is 6.61 Å². The smallest absolute Gasteiger partial charge is 0.315 e. The van der Waals surface area contributed by atoms with Crippen molar-refractivity contribution < 1.29 is 9.53 Å². The minimum absolute atomic E-state index is 0.0642. The van der Waals surface area contributed by atoms with Gasteiger partial charge >= 0.3 is 6.03 Å². The molecular weight excluding hydrogens is 304 g/mol. The number of nitrogens with zero attached hydrogens (tertiary/aromatic N) is 2. The number of hydrogen-bond acceptors (Lipinski definition) is 3. The van der Waals surface area contributed by atoms with Crippen LogP contribution in [0.15, 0.2) is 42.6 Å². The number of ether oxygens (including phenoxy) is 1. The fourth-order valence-electron chi connectivity index (χ4n) is 2.95. The van der Waals surface area contributed by atoms with Crippen molar-refractivity contribution in [2.24, 2.45) is 0 Å². The monoisotopic (exact) mass is 328 g/mol. The van der Waals surface area contributed by atoms with Gasteiger partial charge in [-0.2, -0.15) is 5.10 Å². The van der Waals surface area contributed by atoms with Gasteiger partial charge in [0.05, 0.1) is 30.1 Å². The van der Waals surface area contributed by atoms with Crippen LogP contribution in [-0.2, 0) is 11.3 Å². The lowest BCUT2D eigenvalue weighted by Gasteiger charge is -2.22. The Kier molecular flexibility index (Phi) is 5.48. The molecule has 3 rings (SSSR count). The minimum atomic E-state index is -0.174. The largest absolute Gasteiger partial charge is 0.376 e. The summed E-state index contributed by atoms with van der Waals surface area (Å²) in [5, 5.41) is 10.4. The van der Waals surface area contributed by atoms with Crippen LogP contribution in [0.2, 0.25) is 0 Å². The molecule has 1 aromatic carbocycles. The van der Waals surface area contributed by atoms with Crippen molar-refractivity contribution in [2.45, 2.75) is 44.9 Å². The maximum absolute atomic E-state index is 12.1. The van der Waals surface area contributed by atoms with E-state index in [4.69, 9.17) is 4.74 Å². The van der Waals surface area contributed by atoms with E-state index in [1.165, 1.54) is 0 Å². The number of hydrogen-bond donors (Lipinski definition) is 2. The van der Waals surface area contributed by atoms with Crippen molar-refractivity contribution in [1.29, 1.82) is 0 Å². The summed E-state index contributed by atoms with van der Waals surface area (Å²) in [7, 11) is 0. The molecular formula is C18H24N4O2. The Bertz CT molecular complexity index is 650. The van der Waals surface area contributed by atoms with Crippen molar-refractivity contribution in [1.82, 2.24) is 20.4 Å². The van der Waals surface area contributed by atoms with E-state index >= 15 is 0 Å². The van der Waals surface area contributed by atoms with Crippen LogP contribution >= 0.6 is 0 Å². The third kappa shape index (κ3) is 4.14. The number of nitrogens with one attached hydrogen (secondary N) is 2. The molecule has 0 unspecified atom stereocenters. The summed E-state index contributed by atoms with van der Waals surface area (Å²) in [6.45, 7) is 3.25. The van der Waals surface area contributed by atoms with Crippen molar-refractivity contribution >= 4 is 6.03 Å². The molecule has 0 bridgehead atoms. The van der Waals surface area contributed by atoms with Gasteiger partial charge in [-0.05, 0) is 37.5 Å². The summed E-state index contributed by atoms with van der Waals surface area (Å²) in [5.74, 6) is 0. The molecule has 1 saturated heterocycles. The third-order valence-corrected chi connectivity index (χ3v) is 4.27. The quantitative estimate of drug-likeness (QED) is 0.856. The van der Waals surface area contributed by atoms with Crippen LogP contribution in [0.3, 0.4) is 0 Å². The van der Waals surface area contributed by atoms with Crippen LogP contribution in [-0.4, -0.2) is 34.6 Å². The number of carbonyl (C=O) groups excluding carboxylic acids is 1. The van der Waals surface area contributed by atoms with E-state index in [9.17, 15) is 4.79 Å². The minimum Gasteiger partial charge on any atom is -0.376 e. The molecule has 1 aromatic heterocycles. The summed E-state index contributed by atoms with van der Waals surface area (Å²) in [6, 6.07) is 11.7. The molecule has 128 valence electrons. The van der Waals surface area contributed by atoms with Crippen molar-refractivity contribution in [3.8, 4) is 5.69 Å². The maximum Gasteiger partial charge on any atom is 0.315 e. The number of amides is 2. The summed E-state index contributed by atoms with van der Waals surface area (Å²) in [4.78, 5) is 12.1. The molecule has 2 heterocycles. The van der Waals surface area contributed by atoms with Crippen LogP contribution < -0.4 is 10.6 Å². The second kappa shape index (κ2) is 7.97. The molecule has 0 radical (unpaired) electrons. The maximum atomic E-state index is 12.1. The lowest BCUT2D eigenvalue weighted by Crippen LogP contribution is -2.47. The van der Waals surface area contributed by atoms with Crippen LogP contribution in [0.25, 0.3) is 5.69 Å². The Morgan fingerprint density at radius 1 is 1.38 bits per heavy atom. The van der Waals surface area contributed by atoms with E-state index in [2.05, 4.69) is 22.7 Å². The summed E-state index contributed by atoms with van der Waals surface area (Å²) < 4.78 is 7.47.